The van der Waals surface area contributed by atoms with Crippen LogP contribution in [0.5, 0.6) is 0 Å². The number of nitrogens with zero attached hydrogens (tertiary/aromatic N) is 1. The Bertz CT molecular complexity index is 1050. The number of aliphatic carboxylic acids is 1. The van der Waals surface area contributed by atoms with E-state index >= 15 is 0 Å². The fraction of sp³-hybridized carbons (Fsp3) is 0.550. The van der Waals surface area contributed by atoms with Crippen LogP contribution in [0.15, 0.2) is 30.5 Å². The highest BCUT2D eigenvalue weighted by Crippen LogP contribution is 2.42. The molecule has 8 nitrogen and oxygen atoms in total. The van der Waals surface area contributed by atoms with E-state index in [9.17, 15) is 21.6 Å². The number of sulfonamides is 1. The second kappa shape index (κ2) is 9.38. The molecule has 12 heteroatoms. The third kappa shape index (κ3) is 6.00. The molecule has 32 heavy (non-hydrogen) atoms. The largest absolute Gasteiger partial charge is 0.490 e. The van der Waals surface area contributed by atoms with Crippen LogP contribution in [0.4, 0.5) is 13.2 Å². The molecule has 2 aliphatic rings. The summed E-state index contributed by atoms with van der Waals surface area (Å²) in [6.07, 6.45) is -0.0295. The Balaban J connectivity index is 0.000000360. The fourth-order valence-electron chi connectivity index (χ4n) is 4.31. The van der Waals surface area contributed by atoms with Gasteiger partial charge in [0.1, 0.15) is 0 Å². The molecule has 0 amide bonds. The molecule has 1 aromatic heterocycles. The predicted molar refractivity (Wildman–Crippen MR) is 112 cm³/mol. The van der Waals surface area contributed by atoms with Crippen molar-refractivity contribution in [3.8, 4) is 0 Å². The van der Waals surface area contributed by atoms with Crippen LogP contribution in [0.2, 0.25) is 0 Å². The summed E-state index contributed by atoms with van der Waals surface area (Å²) in [6, 6.07) is 8.51. The summed E-state index contributed by atoms with van der Waals surface area (Å²) in [6.45, 7) is 4.06. The van der Waals surface area contributed by atoms with E-state index in [1.165, 1.54) is 22.7 Å². The van der Waals surface area contributed by atoms with E-state index in [1.54, 1.807) is 0 Å². The molecule has 0 radical (unpaired) electrons. The van der Waals surface area contributed by atoms with Crippen LogP contribution >= 0.6 is 0 Å². The van der Waals surface area contributed by atoms with Gasteiger partial charge in [-0.05, 0) is 36.5 Å². The molecule has 178 valence electrons. The Morgan fingerprint density at radius 2 is 2.03 bits per heavy atom. The van der Waals surface area contributed by atoms with Crippen LogP contribution in [0.3, 0.4) is 0 Å². The van der Waals surface area contributed by atoms with Gasteiger partial charge in [-0.2, -0.15) is 13.2 Å². The summed E-state index contributed by atoms with van der Waals surface area (Å²) in [4.78, 5) is 14.6. The van der Waals surface area contributed by atoms with Gasteiger partial charge >= 0.3 is 12.1 Å². The van der Waals surface area contributed by atoms with E-state index in [1.807, 2.05) is 6.20 Å². The van der Waals surface area contributed by atoms with Crippen LogP contribution in [0.1, 0.15) is 18.4 Å². The molecule has 1 spiro atoms. The quantitative estimate of drug-likeness (QED) is 0.589. The average Bonchev–Trinajstić information content (AvgIpc) is 3.28. The van der Waals surface area contributed by atoms with E-state index in [-0.39, 0.29) is 5.60 Å². The number of nitrogens with one attached hydrogen (secondary N) is 2. The maximum absolute atomic E-state index is 11.2. The number of hydrogen-bond donors (Lipinski definition) is 3. The lowest BCUT2D eigenvalue weighted by atomic mass is 9.79. The van der Waals surface area contributed by atoms with Crippen molar-refractivity contribution in [2.24, 2.45) is 5.92 Å². The number of ether oxygens (including phenoxy) is 1. The van der Waals surface area contributed by atoms with Gasteiger partial charge in [0.05, 0.1) is 11.9 Å². The number of carbonyl (C=O) groups is 1. The lowest BCUT2D eigenvalue weighted by Gasteiger charge is -2.50. The Morgan fingerprint density at radius 3 is 2.66 bits per heavy atom. The van der Waals surface area contributed by atoms with Crippen molar-refractivity contribution in [3.05, 3.63) is 36.0 Å². The molecule has 0 aliphatic carbocycles. The van der Waals surface area contributed by atoms with Gasteiger partial charge < -0.3 is 14.8 Å². The van der Waals surface area contributed by atoms with Gasteiger partial charge in [0.25, 0.3) is 0 Å². The highest BCUT2D eigenvalue weighted by Gasteiger charge is 2.52. The average molecular weight is 478 g/mol. The first-order valence-electron chi connectivity index (χ1n) is 10.1. The minimum Gasteiger partial charge on any atom is -0.475 e. The highest BCUT2D eigenvalue weighted by atomic mass is 32.2. The van der Waals surface area contributed by atoms with Crippen LogP contribution in [-0.2, 0) is 26.1 Å². The number of aromatic amines is 1. The molecular weight excluding hydrogens is 451 g/mol. The van der Waals surface area contributed by atoms with Crippen LogP contribution < -0.4 is 4.72 Å². The number of aromatic nitrogens is 1. The number of fused-ring (bicyclic) bond motifs is 1. The Labute approximate surface area is 183 Å². The summed E-state index contributed by atoms with van der Waals surface area (Å²) in [5.74, 6) is -2.33. The van der Waals surface area contributed by atoms with Gasteiger partial charge in [-0.25, -0.2) is 17.9 Å². The van der Waals surface area contributed by atoms with E-state index in [4.69, 9.17) is 14.6 Å². The molecule has 0 saturated carbocycles. The first-order valence-corrected chi connectivity index (χ1v) is 11.9. The SMILES string of the molecule is CS(=O)(=O)NCCC1CCOC12CN(Cc1cccc3[nH]ccc13)C2.O=C(O)C(F)(F)F. The smallest absolute Gasteiger partial charge is 0.475 e. The molecule has 1 aromatic carbocycles. The fourth-order valence-corrected chi connectivity index (χ4v) is 4.80. The zero-order chi connectivity index (χ0) is 23.6. The highest BCUT2D eigenvalue weighted by molar-refractivity contribution is 7.88. The van der Waals surface area contributed by atoms with Crippen molar-refractivity contribution in [3.63, 3.8) is 0 Å². The summed E-state index contributed by atoms with van der Waals surface area (Å²) >= 11 is 0. The normalized spacial score (nSPS) is 20.7. The first kappa shape index (κ1) is 24.5. The number of likely N-dealkylation sites (tertiary alicyclic amines) is 1. The Kier molecular flexibility index (Phi) is 7.18. The second-order valence-corrected chi connectivity index (χ2v) is 9.99. The number of hydrogen-bond acceptors (Lipinski definition) is 5. The molecule has 0 bridgehead atoms. The van der Waals surface area contributed by atoms with Gasteiger partial charge in [0, 0.05) is 49.9 Å². The molecule has 4 rings (SSSR count). The van der Waals surface area contributed by atoms with Crippen molar-refractivity contribution >= 4 is 26.9 Å². The molecule has 3 heterocycles. The first-order chi connectivity index (χ1) is 14.9. The summed E-state index contributed by atoms with van der Waals surface area (Å²) in [5, 5.41) is 8.41. The zero-order valence-corrected chi connectivity index (χ0v) is 18.3. The van der Waals surface area contributed by atoms with E-state index in [0.29, 0.717) is 12.5 Å². The third-order valence-corrected chi connectivity index (χ3v) is 6.49. The molecule has 2 fully saturated rings. The minimum absolute atomic E-state index is 0.0781. The number of carboxylic acid groups (broad SMARTS) is 1. The standard InChI is InChI=1S/C18H25N3O3S.C2HF3O2/c1-25(22,23)20-9-5-15-7-10-24-18(15)12-21(13-18)11-14-3-2-4-17-16(14)6-8-19-17;3-2(4,5)1(6)7/h2-4,6,8,15,19-20H,5,7,9-13H2,1H3;(H,6,7). The van der Waals surface area contributed by atoms with E-state index in [0.717, 1.165) is 39.1 Å². The number of carboxylic acids is 1. The Morgan fingerprint density at radius 1 is 1.34 bits per heavy atom. The zero-order valence-electron chi connectivity index (χ0n) is 17.5. The number of halogens is 3. The number of H-pyrrole nitrogens is 1. The van der Waals surface area contributed by atoms with Crippen molar-refractivity contribution in [1.82, 2.24) is 14.6 Å². The van der Waals surface area contributed by atoms with Gasteiger partial charge in [-0.1, -0.05) is 12.1 Å². The maximum Gasteiger partial charge on any atom is 0.490 e. The van der Waals surface area contributed by atoms with Gasteiger partial charge in [-0.3, -0.25) is 4.90 Å². The third-order valence-electron chi connectivity index (χ3n) is 5.76. The monoisotopic (exact) mass is 477 g/mol. The number of rotatable bonds is 6. The molecule has 1 atom stereocenters. The van der Waals surface area contributed by atoms with E-state index < -0.39 is 22.2 Å². The molecule has 2 aliphatic heterocycles. The summed E-state index contributed by atoms with van der Waals surface area (Å²) < 4.78 is 62.9. The summed E-state index contributed by atoms with van der Waals surface area (Å²) in [5.41, 5.74) is 2.43. The minimum atomic E-state index is -5.08. The molecule has 1 unspecified atom stereocenters. The van der Waals surface area contributed by atoms with Gasteiger partial charge in [-0.15, -0.1) is 0 Å². The molecule has 3 N–H and O–H groups in total. The van der Waals surface area contributed by atoms with Crippen molar-refractivity contribution in [2.45, 2.75) is 31.2 Å². The molecular formula is C20H26F3N3O5S. The van der Waals surface area contributed by atoms with E-state index in [2.05, 4.69) is 38.9 Å². The Hall–Kier alpha value is -2.15. The van der Waals surface area contributed by atoms with Crippen molar-refractivity contribution in [2.75, 3.05) is 32.5 Å². The predicted octanol–water partition coefficient (Wildman–Crippen LogP) is 2.33. The second-order valence-electron chi connectivity index (χ2n) is 8.16. The number of benzene rings is 1. The van der Waals surface area contributed by atoms with Crippen LogP contribution in [-0.4, -0.2) is 73.7 Å². The van der Waals surface area contributed by atoms with Gasteiger partial charge in [0.2, 0.25) is 10.0 Å². The lowest BCUT2D eigenvalue weighted by Crippen LogP contribution is -2.64. The molecule has 2 aromatic rings. The van der Waals surface area contributed by atoms with Crippen LogP contribution in [0.25, 0.3) is 10.9 Å². The lowest BCUT2D eigenvalue weighted by molar-refractivity contribution is -0.192. The van der Waals surface area contributed by atoms with Crippen LogP contribution in [0, 0.1) is 5.92 Å². The number of alkyl halides is 3. The summed E-state index contributed by atoms with van der Waals surface area (Å²) in [7, 11) is -3.11. The van der Waals surface area contributed by atoms with Crippen molar-refractivity contribution < 1.29 is 36.2 Å². The molecule has 2 saturated heterocycles. The topological polar surface area (TPSA) is 112 Å². The van der Waals surface area contributed by atoms with Crippen molar-refractivity contribution in [1.29, 1.82) is 0 Å². The maximum atomic E-state index is 11.2. The van der Waals surface area contributed by atoms with Gasteiger partial charge in [0.15, 0.2) is 0 Å².